The van der Waals surface area contributed by atoms with Gasteiger partial charge in [-0.05, 0) is 54.8 Å². The third kappa shape index (κ3) is 4.31. The third-order valence-electron chi connectivity index (χ3n) is 5.04. The molecule has 0 unspecified atom stereocenters. The molecule has 1 aliphatic rings. The number of methoxy groups -OCH3 is 1. The van der Waals surface area contributed by atoms with E-state index in [1.807, 2.05) is 24.3 Å². The Balaban J connectivity index is 1.67. The van der Waals surface area contributed by atoms with Crippen molar-refractivity contribution < 1.29 is 14.3 Å². The van der Waals surface area contributed by atoms with Gasteiger partial charge >= 0.3 is 0 Å². The van der Waals surface area contributed by atoms with Crippen LogP contribution in [0.5, 0.6) is 0 Å². The Morgan fingerprint density at radius 3 is 2.30 bits per heavy atom. The van der Waals surface area contributed by atoms with Crippen molar-refractivity contribution in [2.45, 2.75) is 24.7 Å². The standard InChI is InChI=1S/C21H23ClN2O3/c1-27-14-13-23-20(26)21(11-2-12-21)16-5-9-18(10-6-16)24-19(25)15-3-7-17(22)8-4-15/h3-10H,2,11-14H2,1H3,(H,23,26)(H,24,25). The SMILES string of the molecule is COCCNC(=O)C1(c2ccc(NC(=O)c3ccc(Cl)cc3)cc2)CCC1. The van der Waals surface area contributed by atoms with Crippen molar-refractivity contribution in [1.29, 1.82) is 0 Å². The number of anilines is 1. The van der Waals surface area contributed by atoms with Gasteiger partial charge in [-0.25, -0.2) is 0 Å². The van der Waals surface area contributed by atoms with Crippen LogP contribution in [0.25, 0.3) is 0 Å². The molecule has 6 heteroatoms. The maximum absolute atomic E-state index is 12.7. The van der Waals surface area contributed by atoms with E-state index in [0.29, 0.717) is 29.4 Å². The fourth-order valence-electron chi connectivity index (χ4n) is 3.29. The van der Waals surface area contributed by atoms with Gasteiger partial charge in [0.05, 0.1) is 12.0 Å². The number of halogens is 1. The third-order valence-corrected chi connectivity index (χ3v) is 5.29. The second-order valence-electron chi connectivity index (χ2n) is 6.72. The van der Waals surface area contributed by atoms with E-state index in [0.717, 1.165) is 24.8 Å². The Bertz CT molecular complexity index is 799. The average molecular weight is 387 g/mol. The van der Waals surface area contributed by atoms with E-state index in [1.165, 1.54) is 0 Å². The molecular formula is C21H23ClN2O3. The zero-order valence-corrected chi connectivity index (χ0v) is 16.0. The van der Waals surface area contributed by atoms with Gasteiger partial charge in [-0.3, -0.25) is 9.59 Å². The minimum Gasteiger partial charge on any atom is -0.383 e. The van der Waals surface area contributed by atoms with Crippen molar-refractivity contribution >= 4 is 29.1 Å². The predicted octanol–water partition coefficient (Wildman–Crippen LogP) is 3.78. The topological polar surface area (TPSA) is 67.4 Å². The van der Waals surface area contributed by atoms with E-state index < -0.39 is 5.41 Å². The largest absolute Gasteiger partial charge is 0.383 e. The average Bonchev–Trinajstić information content (AvgIpc) is 2.63. The van der Waals surface area contributed by atoms with E-state index in [-0.39, 0.29) is 11.8 Å². The van der Waals surface area contributed by atoms with Crippen LogP contribution < -0.4 is 10.6 Å². The summed E-state index contributed by atoms with van der Waals surface area (Å²) in [5.74, 6) is -0.154. The summed E-state index contributed by atoms with van der Waals surface area (Å²) in [4.78, 5) is 24.9. The van der Waals surface area contributed by atoms with Crippen LogP contribution in [-0.4, -0.2) is 32.1 Å². The molecule has 0 bridgehead atoms. The first kappa shape index (κ1) is 19.4. The van der Waals surface area contributed by atoms with Crippen LogP contribution in [0.4, 0.5) is 5.69 Å². The van der Waals surface area contributed by atoms with Crippen molar-refractivity contribution in [2.24, 2.45) is 0 Å². The highest BCUT2D eigenvalue weighted by Crippen LogP contribution is 2.44. The Morgan fingerprint density at radius 2 is 1.74 bits per heavy atom. The van der Waals surface area contributed by atoms with Crippen LogP contribution in [-0.2, 0) is 14.9 Å². The van der Waals surface area contributed by atoms with E-state index in [2.05, 4.69) is 10.6 Å². The van der Waals surface area contributed by atoms with Crippen molar-refractivity contribution in [3.05, 3.63) is 64.7 Å². The summed E-state index contributed by atoms with van der Waals surface area (Å²) in [7, 11) is 1.61. The minimum absolute atomic E-state index is 0.0451. The Kier molecular flexibility index (Phi) is 6.14. The predicted molar refractivity (Wildman–Crippen MR) is 106 cm³/mol. The molecule has 2 N–H and O–H groups in total. The lowest BCUT2D eigenvalue weighted by Crippen LogP contribution is -2.49. The number of nitrogens with one attached hydrogen (secondary N) is 2. The van der Waals surface area contributed by atoms with Gasteiger partial charge in [-0.2, -0.15) is 0 Å². The maximum atomic E-state index is 12.7. The number of ether oxygens (including phenoxy) is 1. The molecule has 5 nitrogen and oxygen atoms in total. The van der Waals surface area contributed by atoms with Crippen LogP contribution >= 0.6 is 11.6 Å². The molecule has 0 heterocycles. The van der Waals surface area contributed by atoms with Crippen LogP contribution in [0, 0.1) is 0 Å². The van der Waals surface area contributed by atoms with Gasteiger partial charge in [0, 0.05) is 29.9 Å². The van der Waals surface area contributed by atoms with Gasteiger partial charge < -0.3 is 15.4 Å². The van der Waals surface area contributed by atoms with Crippen LogP contribution in [0.1, 0.15) is 35.2 Å². The molecular weight excluding hydrogens is 364 g/mol. The van der Waals surface area contributed by atoms with Gasteiger partial charge in [0.15, 0.2) is 0 Å². The van der Waals surface area contributed by atoms with Gasteiger partial charge in [0.25, 0.3) is 5.91 Å². The molecule has 1 aliphatic carbocycles. The van der Waals surface area contributed by atoms with Crippen molar-refractivity contribution in [2.75, 3.05) is 25.6 Å². The van der Waals surface area contributed by atoms with Crippen LogP contribution in [0.15, 0.2) is 48.5 Å². The molecule has 0 atom stereocenters. The Morgan fingerprint density at radius 1 is 1.07 bits per heavy atom. The number of rotatable bonds is 7. The quantitative estimate of drug-likeness (QED) is 0.711. The summed E-state index contributed by atoms with van der Waals surface area (Å²) in [6.45, 7) is 1.00. The lowest BCUT2D eigenvalue weighted by molar-refractivity contribution is -0.130. The van der Waals surface area contributed by atoms with Crippen LogP contribution in [0.3, 0.4) is 0 Å². The van der Waals surface area contributed by atoms with Gasteiger partial charge in [-0.1, -0.05) is 30.2 Å². The normalized spacial score (nSPS) is 14.9. The molecule has 2 amide bonds. The molecule has 3 rings (SSSR count). The first-order valence-electron chi connectivity index (χ1n) is 9.00. The fraction of sp³-hybridized carbons (Fsp3) is 0.333. The summed E-state index contributed by atoms with van der Waals surface area (Å²) in [5, 5.41) is 6.41. The first-order valence-corrected chi connectivity index (χ1v) is 9.38. The zero-order valence-electron chi connectivity index (χ0n) is 15.3. The highest BCUT2D eigenvalue weighted by Gasteiger charge is 2.45. The molecule has 1 saturated carbocycles. The molecule has 2 aromatic rings. The molecule has 1 fully saturated rings. The smallest absolute Gasteiger partial charge is 0.255 e. The zero-order chi connectivity index (χ0) is 19.3. The number of amides is 2. The minimum atomic E-state index is -0.466. The molecule has 0 aromatic heterocycles. The molecule has 0 radical (unpaired) electrons. The highest BCUT2D eigenvalue weighted by atomic mass is 35.5. The van der Waals surface area contributed by atoms with Gasteiger partial charge in [0.1, 0.15) is 0 Å². The number of hydrogen-bond acceptors (Lipinski definition) is 3. The van der Waals surface area contributed by atoms with Crippen molar-refractivity contribution in [1.82, 2.24) is 5.32 Å². The van der Waals surface area contributed by atoms with E-state index in [1.54, 1.807) is 31.4 Å². The van der Waals surface area contributed by atoms with Crippen molar-refractivity contribution in [3.8, 4) is 0 Å². The summed E-state index contributed by atoms with van der Waals surface area (Å²) in [6.07, 6.45) is 2.71. The number of benzene rings is 2. The first-order chi connectivity index (χ1) is 13.0. The van der Waals surface area contributed by atoms with E-state index in [4.69, 9.17) is 16.3 Å². The molecule has 0 saturated heterocycles. The lowest BCUT2D eigenvalue weighted by Gasteiger charge is -2.40. The second-order valence-corrected chi connectivity index (χ2v) is 7.16. The molecule has 0 aliphatic heterocycles. The number of carbonyl (C=O) groups excluding carboxylic acids is 2. The Labute approximate surface area is 164 Å². The van der Waals surface area contributed by atoms with E-state index >= 15 is 0 Å². The molecule has 2 aromatic carbocycles. The number of hydrogen-bond donors (Lipinski definition) is 2. The molecule has 0 spiro atoms. The lowest BCUT2D eigenvalue weighted by atomic mass is 9.64. The molecule has 27 heavy (non-hydrogen) atoms. The van der Waals surface area contributed by atoms with Crippen LogP contribution in [0.2, 0.25) is 5.02 Å². The Hall–Kier alpha value is -2.37. The maximum Gasteiger partial charge on any atom is 0.255 e. The van der Waals surface area contributed by atoms with E-state index in [9.17, 15) is 9.59 Å². The fourth-order valence-corrected chi connectivity index (χ4v) is 3.42. The van der Waals surface area contributed by atoms with Crippen molar-refractivity contribution in [3.63, 3.8) is 0 Å². The molecule has 142 valence electrons. The highest BCUT2D eigenvalue weighted by molar-refractivity contribution is 6.30. The van der Waals surface area contributed by atoms with Gasteiger partial charge in [-0.15, -0.1) is 0 Å². The number of carbonyl (C=O) groups is 2. The summed E-state index contributed by atoms with van der Waals surface area (Å²) in [6, 6.07) is 14.3. The monoisotopic (exact) mass is 386 g/mol. The summed E-state index contributed by atoms with van der Waals surface area (Å²) >= 11 is 5.85. The summed E-state index contributed by atoms with van der Waals surface area (Å²) < 4.78 is 5.00. The summed E-state index contributed by atoms with van der Waals surface area (Å²) in [5.41, 5.74) is 1.74. The second kappa shape index (κ2) is 8.55. The van der Waals surface area contributed by atoms with Gasteiger partial charge in [0.2, 0.25) is 5.91 Å².